The Balaban J connectivity index is 0.00000840. The normalized spacial score (nSPS) is 13.5. The number of nitrogens with zero attached hydrogens (tertiary/aromatic N) is 4. The van der Waals surface area contributed by atoms with Gasteiger partial charge in [0, 0.05) is 77.9 Å². The Labute approximate surface area is 645 Å². The molecule has 0 unspecified atom stereocenters. The van der Waals surface area contributed by atoms with Gasteiger partial charge in [-0.05, 0) is 193 Å². The molecule has 5 nitrogen and oxygen atoms in total. The number of pyridine rings is 1. The molecule has 107 heavy (non-hydrogen) atoms. The fourth-order valence-corrected chi connectivity index (χ4v) is 17.1. The van der Waals surface area contributed by atoms with Gasteiger partial charge < -0.3 is 19.1 Å². The first-order valence-corrected chi connectivity index (χ1v) is 37.3. The second-order valence-electron chi connectivity index (χ2n) is 33.2. The van der Waals surface area contributed by atoms with E-state index in [0.717, 1.165) is 123 Å². The summed E-state index contributed by atoms with van der Waals surface area (Å²) in [7, 11) is 0. The van der Waals surface area contributed by atoms with E-state index in [9.17, 15) is 0 Å². The van der Waals surface area contributed by atoms with Crippen LogP contribution in [-0.4, -0.2) is 9.55 Å². The van der Waals surface area contributed by atoms with Crippen molar-refractivity contribution in [2.75, 3.05) is 9.80 Å². The molecule has 15 aromatic rings. The molecule has 0 radical (unpaired) electrons. The molecular weight excluding hydrogens is 1480 g/mol. The molecule has 0 atom stereocenters. The van der Waals surface area contributed by atoms with Gasteiger partial charge in [0.25, 0.3) is 0 Å². The first-order valence-electron chi connectivity index (χ1n) is 37.3. The molecule has 0 fully saturated rings. The van der Waals surface area contributed by atoms with Crippen molar-refractivity contribution < 1.29 is 25.8 Å². The molecule has 4 heterocycles. The largest absolute Gasteiger partial charge is 0.509 e. The van der Waals surface area contributed by atoms with Gasteiger partial charge in [0.2, 0.25) is 0 Å². The molecule has 2 aliphatic heterocycles. The Morgan fingerprint density at radius 3 is 1.30 bits per heavy atom. The topological polar surface area (TPSA) is 33.5 Å². The quantitative estimate of drug-likeness (QED) is 0.128. The summed E-state index contributed by atoms with van der Waals surface area (Å²) < 4.78 is 9.54. The number of aromatic nitrogens is 2. The molecule has 528 valence electrons. The van der Waals surface area contributed by atoms with Gasteiger partial charge in [-0.2, -0.15) is 12.1 Å². The van der Waals surface area contributed by atoms with Crippen LogP contribution in [0.4, 0.5) is 22.7 Å². The minimum absolute atomic E-state index is 0. The van der Waals surface area contributed by atoms with E-state index in [-0.39, 0.29) is 42.7 Å². The van der Waals surface area contributed by atoms with Gasteiger partial charge in [0.05, 0.1) is 0 Å². The van der Waals surface area contributed by atoms with Crippen molar-refractivity contribution in [1.29, 1.82) is 0 Å². The molecule has 0 N–H and O–H groups in total. The predicted molar refractivity (Wildman–Crippen MR) is 443 cm³/mol. The van der Waals surface area contributed by atoms with E-state index in [0.29, 0.717) is 11.5 Å². The molecule has 0 saturated heterocycles. The summed E-state index contributed by atoms with van der Waals surface area (Å²) in [4.78, 5) is 9.88. The maximum atomic E-state index is 7.35. The average Bonchev–Trinajstić information content (AvgIpc) is 1.50. The molecule has 2 aromatic heterocycles. The number of ether oxygens (including phenoxy) is 1. The van der Waals surface area contributed by atoms with Crippen molar-refractivity contribution in [2.24, 2.45) is 0 Å². The number of benzene rings is 13. The first kappa shape index (κ1) is 69.0. The fourth-order valence-electron chi connectivity index (χ4n) is 17.1. The average molecular weight is 1570 g/mol. The molecule has 13 aromatic carbocycles. The minimum Gasteiger partial charge on any atom is -0.509 e. The predicted octanol–water partition coefficient (Wildman–Crippen LogP) is 26.8. The van der Waals surface area contributed by atoms with Crippen molar-refractivity contribution in [3.63, 3.8) is 0 Å². The number of anilines is 4. The standard InChI is InChI=1S/C101H85N4O.Pt/c1-97(2,3)74-57-82-83-58-75(98(4,5)6)60-87(100(10,11)12)94(83)101(93(82)86(59-74)99(7,8)9)84-49-47-77(106-76-46-48-81-80-39-25-26-43-88(80)105(90(81)61-76)92-45-27-28-50-102-92)62-91(84)104-63-103(89-44-30-42-85(101)96(89)104)95-78(72-53-68(64-31-17-13-18-32-64)51-69(54-72)65-33-19-14-20-34-65)40-29-41-79(95)73-55-70(66-35-21-15-22-36-66)52-71(56-73)67-37-23-16-24-38-67;/h13-60,63H,1-12H3;/q-3;. The van der Waals surface area contributed by atoms with E-state index in [2.05, 4.69) is 389 Å². The van der Waals surface area contributed by atoms with Crippen molar-refractivity contribution in [3.8, 4) is 95.2 Å². The summed E-state index contributed by atoms with van der Waals surface area (Å²) in [6.45, 7) is 31.2. The van der Waals surface area contributed by atoms with Crippen LogP contribution < -0.4 is 14.5 Å². The molecule has 3 aliphatic rings. The van der Waals surface area contributed by atoms with E-state index in [1.54, 1.807) is 0 Å². The van der Waals surface area contributed by atoms with Crippen LogP contribution >= 0.6 is 0 Å². The molecule has 0 saturated carbocycles. The minimum atomic E-state index is -0.890. The molecular formula is C101H85N4OPt-3. The third-order valence-electron chi connectivity index (χ3n) is 22.2. The Kier molecular flexibility index (Phi) is 16.7. The Bertz CT molecular complexity index is 5650. The zero-order valence-corrected chi connectivity index (χ0v) is 65.1. The Morgan fingerprint density at radius 1 is 0.355 bits per heavy atom. The summed E-state index contributed by atoms with van der Waals surface area (Å²) in [5.41, 5.74) is 30.6. The number of rotatable bonds is 10. The third-order valence-corrected chi connectivity index (χ3v) is 22.2. The van der Waals surface area contributed by atoms with E-state index in [1.807, 2.05) is 18.3 Å². The van der Waals surface area contributed by atoms with Crippen LogP contribution in [0, 0.1) is 18.8 Å². The second kappa shape index (κ2) is 25.9. The molecule has 1 spiro atoms. The zero-order valence-electron chi connectivity index (χ0n) is 62.8. The Morgan fingerprint density at radius 2 is 0.813 bits per heavy atom. The maximum absolute atomic E-state index is 7.35. The summed E-state index contributed by atoms with van der Waals surface area (Å²) in [5, 5.41) is 2.19. The molecule has 18 rings (SSSR count). The molecule has 1 aliphatic carbocycles. The zero-order chi connectivity index (χ0) is 72.8. The summed E-state index contributed by atoms with van der Waals surface area (Å²) in [5.74, 6) is 1.97. The SMILES string of the molecule is CC(C)(C)c1cc2c(c(C(C)(C)C)c1)C1(c3ccc(Oc4[c-]c5c(cc4)c4ccccc4n5-c4ccccn4)[c-]c3N3[CH-]N(c4c(-c5cc(-c6ccccc6)cc(-c6ccccc6)c5)cccc4-c4cc(-c5ccccc5)cc(-c5ccccc5)c4)c4cccc1c43)c1c-2cc(C(C)(C)C)cc1C(C)(C)C.[Pt]. The maximum Gasteiger partial charge on any atom is 0.135 e. The molecule has 0 amide bonds. The number of fused-ring (bicyclic) bond motifs is 12. The van der Waals surface area contributed by atoms with Crippen molar-refractivity contribution in [1.82, 2.24) is 9.55 Å². The van der Waals surface area contributed by atoms with Crippen LogP contribution in [0.1, 0.15) is 128 Å². The van der Waals surface area contributed by atoms with Gasteiger partial charge in [-0.25, -0.2) is 4.98 Å². The van der Waals surface area contributed by atoms with Crippen LogP contribution in [-0.2, 0) is 48.1 Å². The molecule has 0 bridgehead atoms. The van der Waals surface area contributed by atoms with Crippen LogP contribution in [0.15, 0.2) is 291 Å². The van der Waals surface area contributed by atoms with Crippen LogP contribution in [0.3, 0.4) is 0 Å². The van der Waals surface area contributed by atoms with E-state index >= 15 is 0 Å². The van der Waals surface area contributed by atoms with Gasteiger partial charge in [-0.15, -0.1) is 41.9 Å². The van der Waals surface area contributed by atoms with E-state index < -0.39 is 5.41 Å². The number of para-hydroxylation sites is 3. The summed E-state index contributed by atoms with van der Waals surface area (Å²) in [6, 6.07) is 114. The summed E-state index contributed by atoms with van der Waals surface area (Å²) >= 11 is 0. The second-order valence-corrected chi connectivity index (χ2v) is 33.2. The van der Waals surface area contributed by atoms with Crippen LogP contribution in [0.25, 0.3) is 106 Å². The van der Waals surface area contributed by atoms with Crippen LogP contribution in [0.2, 0.25) is 0 Å². The number of hydrogen-bond acceptors (Lipinski definition) is 4. The van der Waals surface area contributed by atoms with Gasteiger partial charge in [0.15, 0.2) is 0 Å². The van der Waals surface area contributed by atoms with Crippen LogP contribution in [0.5, 0.6) is 11.5 Å². The van der Waals surface area contributed by atoms with Crippen molar-refractivity contribution >= 4 is 44.6 Å². The van der Waals surface area contributed by atoms with E-state index in [1.165, 1.54) is 50.1 Å². The van der Waals surface area contributed by atoms with E-state index in [4.69, 9.17) is 9.72 Å². The van der Waals surface area contributed by atoms with Crippen molar-refractivity contribution in [3.05, 3.63) is 355 Å². The first-order chi connectivity index (χ1) is 51.1. The van der Waals surface area contributed by atoms with Crippen molar-refractivity contribution in [2.45, 2.75) is 110 Å². The fraction of sp³-hybridized carbons (Fsp3) is 0.168. The van der Waals surface area contributed by atoms with Gasteiger partial charge in [-0.1, -0.05) is 294 Å². The van der Waals surface area contributed by atoms with Gasteiger partial charge in [0.1, 0.15) is 5.82 Å². The molecule has 6 heteroatoms. The monoisotopic (exact) mass is 1560 g/mol. The third kappa shape index (κ3) is 11.6. The summed E-state index contributed by atoms with van der Waals surface area (Å²) in [6.07, 6.45) is 1.85. The smallest absolute Gasteiger partial charge is 0.135 e. The number of hydrogen-bond donors (Lipinski definition) is 0. The Hall–Kier alpha value is -11.1. The van der Waals surface area contributed by atoms with Gasteiger partial charge in [-0.3, -0.25) is 0 Å². The van der Waals surface area contributed by atoms with Gasteiger partial charge >= 0.3 is 0 Å².